The number of hydrogen-bond donors (Lipinski definition) is 1. The molecule has 21 heavy (non-hydrogen) atoms. The molecule has 3 aromatic rings. The third-order valence-corrected chi connectivity index (χ3v) is 3.44. The van der Waals surface area contributed by atoms with Crippen LogP contribution in [0.4, 0.5) is 5.82 Å². The molecule has 0 unspecified atom stereocenters. The van der Waals surface area contributed by atoms with E-state index >= 15 is 0 Å². The van der Waals surface area contributed by atoms with Crippen LogP contribution < -0.4 is 5.32 Å². The molecule has 0 atom stereocenters. The SMILES string of the molecule is Cc1nc2ccccc2nc1NCCCCn1ccnc1. The van der Waals surface area contributed by atoms with E-state index in [0.29, 0.717) is 0 Å². The molecule has 0 bridgehead atoms. The van der Waals surface area contributed by atoms with Gasteiger partial charge in [-0.05, 0) is 31.9 Å². The maximum Gasteiger partial charge on any atom is 0.148 e. The van der Waals surface area contributed by atoms with Gasteiger partial charge in [0.15, 0.2) is 0 Å². The second kappa shape index (κ2) is 6.35. The van der Waals surface area contributed by atoms with Crippen LogP contribution in [0.2, 0.25) is 0 Å². The van der Waals surface area contributed by atoms with Crippen molar-refractivity contribution in [1.29, 1.82) is 0 Å². The second-order valence-corrected chi connectivity index (χ2v) is 5.08. The fourth-order valence-corrected chi connectivity index (χ4v) is 2.30. The van der Waals surface area contributed by atoms with Crippen LogP contribution in [0, 0.1) is 6.92 Å². The summed E-state index contributed by atoms with van der Waals surface area (Å²) in [4.78, 5) is 13.2. The van der Waals surface area contributed by atoms with Gasteiger partial charge in [-0.25, -0.2) is 15.0 Å². The number of para-hydroxylation sites is 2. The molecule has 0 saturated carbocycles. The Labute approximate surface area is 124 Å². The van der Waals surface area contributed by atoms with E-state index in [1.807, 2.05) is 49.9 Å². The van der Waals surface area contributed by atoms with Crippen LogP contribution in [0.25, 0.3) is 11.0 Å². The van der Waals surface area contributed by atoms with Gasteiger partial charge in [-0.15, -0.1) is 0 Å². The van der Waals surface area contributed by atoms with E-state index in [2.05, 4.69) is 24.8 Å². The minimum absolute atomic E-state index is 0.885. The third-order valence-electron chi connectivity index (χ3n) is 3.44. The number of nitrogens with zero attached hydrogens (tertiary/aromatic N) is 4. The standard InChI is InChI=1S/C16H19N5/c1-13-16(20-15-7-3-2-6-14(15)19-13)18-8-4-5-10-21-11-9-17-12-21/h2-3,6-7,9,11-12H,4-5,8,10H2,1H3,(H,18,20). The Kier molecular flexibility index (Phi) is 4.09. The Bertz CT molecular complexity index is 706. The normalized spacial score (nSPS) is 10.9. The van der Waals surface area contributed by atoms with E-state index in [4.69, 9.17) is 0 Å². The molecule has 0 radical (unpaired) electrons. The number of nitrogens with one attached hydrogen (secondary N) is 1. The van der Waals surface area contributed by atoms with Crippen LogP contribution in [0.5, 0.6) is 0 Å². The number of fused-ring (bicyclic) bond motifs is 1. The van der Waals surface area contributed by atoms with E-state index in [9.17, 15) is 0 Å². The van der Waals surface area contributed by atoms with Crippen molar-refractivity contribution in [3.63, 3.8) is 0 Å². The van der Waals surface area contributed by atoms with Gasteiger partial charge in [0.25, 0.3) is 0 Å². The molecule has 5 heteroatoms. The van der Waals surface area contributed by atoms with Gasteiger partial charge >= 0.3 is 0 Å². The summed E-state index contributed by atoms with van der Waals surface area (Å²) in [5.74, 6) is 0.885. The van der Waals surface area contributed by atoms with Crippen molar-refractivity contribution in [3.05, 3.63) is 48.7 Å². The summed E-state index contributed by atoms with van der Waals surface area (Å²) in [5.41, 5.74) is 2.83. The summed E-state index contributed by atoms with van der Waals surface area (Å²) >= 11 is 0. The molecule has 0 aliphatic rings. The third kappa shape index (κ3) is 3.37. The first-order valence-electron chi connectivity index (χ1n) is 7.26. The zero-order valence-corrected chi connectivity index (χ0v) is 12.2. The number of imidazole rings is 1. The van der Waals surface area contributed by atoms with Crippen LogP contribution in [-0.2, 0) is 6.54 Å². The van der Waals surface area contributed by atoms with Crippen molar-refractivity contribution in [3.8, 4) is 0 Å². The molecule has 2 heterocycles. The molecular formula is C16H19N5. The van der Waals surface area contributed by atoms with Gasteiger partial charge in [0, 0.05) is 25.5 Å². The van der Waals surface area contributed by atoms with Crippen LogP contribution >= 0.6 is 0 Å². The van der Waals surface area contributed by atoms with Crippen molar-refractivity contribution < 1.29 is 0 Å². The van der Waals surface area contributed by atoms with Gasteiger partial charge < -0.3 is 9.88 Å². The molecule has 0 spiro atoms. The predicted octanol–water partition coefficient (Wildman–Crippen LogP) is 3.03. The van der Waals surface area contributed by atoms with Crippen LogP contribution in [0.15, 0.2) is 43.0 Å². The fraction of sp³-hybridized carbons (Fsp3) is 0.312. The zero-order chi connectivity index (χ0) is 14.5. The monoisotopic (exact) mass is 281 g/mol. The summed E-state index contributed by atoms with van der Waals surface area (Å²) < 4.78 is 2.10. The minimum atomic E-state index is 0.885. The lowest BCUT2D eigenvalue weighted by Crippen LogP contribution is -2.07. The van der Waals surface area contributed by atoms with Crippen LogP contribution in [0.1, 0.15) is 18.5 Å². The highest BCUT2D eigenvalue weighted by molar-refractivity contribution is 5.76. The number of unbranched alkanes of at least 4 members (excludes halogenated alkanes) is 1. The van der Waals surface area contributed by atoms with Crippen molar-refractivity contribution in [2.75, 3.05) is 11.9 Å². The van der Waals surface area contributed by atoms with Crippen LogP contribution in [0.3, 0.4) is 0 Å². The van der Waals surface area contributed by atoms with E-state index < -0.39 is 0 Å². The van der Waals surface area contributed by atoms with Gasteiger partial charge in [-0.3, -0.25) is 0 Å². The fourth-order valence-electron chi connectivity index (χ4n) is 2.30. The van der Waals surface area contributed by atoms with Gasteiger partial charge in [0.2, 0.25) is 0 Å². The zero-order valence-electron chi connectivity index (χ0n) is 12.2. The van der Waals surface area contributed by atoms with Crippen molar-refractivity contribution in [2.24, 2.45) is 0 Å². The number of rotatable bonds is 6. The lowest BCUT2D eigenvalue weighted by molar-refractivity contribution is 0.620. The maximum atomic E-state index is 4.63. The average molecular weight is 281 g/mol. The van der Waals surface area contributed by atoms with Gasteiger partial charge in [-0.2, -0.15) is 0 Å². The predicted molar refractivity (Wildman–Crippen MR) is 84.2 cm³/mol. The summed E-state index contributed by atoms with van der Waals surface area (Å²) in [7, 11) is 0. The van der Waals surface area contributed by atoms with Crippen LogP contribution in [-0.4, -0.2) is 26.1 Å². The quantitative estimate of drug-likeness (QED) is 0.706. The Hall–Kier alpha value is -2.43. The number of anilines is 1. The Morgan fingerprint density at radius 3 is 2.67 bits per heavy atom. The van der Waals surface area contributed by atoms with Crippen molar-refractivity contribution in [2.45, 2.75) is 26.3 Å². The van der Waals surface area contributed by atoms with Gasteiger partial charge in [0.05, 0.1) is 23.1 Å². The van der Waals surface area contributed by atoms with E-state index in [1.54, 1.807) is 0 Å². The first-order chi connectivity index (χ1) is 10.3. The minimum Gasteiger partial charge on any atom is -0.369 e. The van der Waals surface area contributed by atoms with E-state index in [-0.39, 0.29) is 0 Å². The molecule has 3 rings (SSSR count). The topological polar surface area (TPSA) is 55.6 Å². The van der Waals surface area contributed by atoms with Crippen molar-refractivity contribution in [1.82, 2.24) is 19.5 Å². The summed E-state index contributed by atoms with van der Waals surface area (Å²) in [6.07, 6.45) is 7.86. The second-order valence-electron chi connectivity index (χ2n) is 5.08. The smallest absolute Gasteiger partial charge is 0.148 e. The highest BCUT2D eigenvalue weighted by Gasteiger charge is 2.03. The summed E-state index contributed by atoms with van der Waals surface area (Å²) in [6.45, 7) is 3.90. The van der Waals surface area contributed by atoms with Crippen molar-refractivity contribution >= 4 is 16.9 Å². The first-order valence-corrected chi connectivity index (χ1v) is 7.26. The largest absolute Gasteiger partial charge is 0.369 e. The van der Waals surface area contributed by atoms with E-state index in [1.165, 1.54) is 0 Å². The highest BCUT2D eigenvalue weighted by Crippen LogP contribution is 2.15. The molecule has 0 aliphatic carbocycles. The highest BCUT2D eigenvalue weighted by atomic mass is 15.0. The summed E-state index contributed by atoms with van der Waals surface area (Å²) in [5, 5.41) is 3.39. The number of aryl methyl sites for hydroxylation is 2. The van der Waals surface area contributed by atoms with E-state index in [0.717, 1.165) is 48.5 Å². The molecular weight excluding hydrogens is 262 g/mol. The Morgan fingerprint density at radius 1 is 1.10 bits per heavy atom. The maximum absolute atomic E-state index is 4.63. The lowest BCUT2D eigenvalue weighted by Gasteiger charge is -2.09. The molecule has 0 amide bonds. The molecule has 2 aromatic heterocycles. The first kappa shape index (κ1) is 13.5. The molecule has 0 aliphatic heterocycles. The summed E-state index contributed by atoms with van der Waals surface area (Å²) in [6, 6.07) is 7.96. The number of benzene rings is 1. The Balaban J connectivity index is 1.54. The lowest BCUT2D eigenvalue weighted by atomic mass is 10.2. The van der Waals surface area contributed by atoms with Gasteiger partial charge in [-0.1, -0.05) is 12.1 Å². The average Bonchev–Trinajstić information content (AvgIpc) is 3.00. The van der Waals surface area contributed by atoms with Gasteiger partial charge in [0.1, 0.15) is 5.82 Å². The Morgan fingerprint density at radius 2 is 1.90 bits per heavy atom. The molecule has 1 N–H and O–H groups in total. The molecule has 1 aromatic carbocycles. The number of hydrogen-bond acceptors (Lipinski definition) is 4. The molecule has 0 saturated heterocycles. The molecule has 108 valence electrons. The molecule has 0 fully saturated rings. The molecule has 5 nitrogen and oxygen atoms in total. The number of aromatic nitrogens is 4.